The molecule has 0 spiro atoms. The van der Waals surface area contributed by atoms with Gasteiger partial charge in [-0.25, -0.2) is 4.90 Å². The third kappa shape index (κ3) is 2.50. The molecule has 0 radical (unpaired) electrons. The lowest BCUT2D eigenvalue weighted by atomic mass is 9.55. The van der Waals surface area contributed by atoms with Crippen LogP contribution in [0.2, 0.25) is 0 Å². The van der Waals surface area contributed by atoms with Gasteiger partial charge in [-0.15, -0.1) is 0 Å². The Morgan fingerprint density at radius 2 is 1.00 bits per heavy atom. The number of aromatic carboxylic acids is 2. The maximum Gasteiger partial charge on any atom is 0.238 e. The third-order valence-corrected chi connectivity index (χ3v) is 7.10. The van der Waals surface area contributed by atoms with Crippen LogP contribution in [0.5, 0.6) is 0 Å². The molecule has 3 aromatic rings. The molecule has 2 bridgehead atoms. The summed E-state index contributed by atoms with van der Waals surface area (Å²) in [4.78, 5) is 51.3. The molecule has 1 saturated heterocycles. The smallest absolute Gasteiger partial charge is 0.238 e. The van der Waals surface area contributed by atoms with E-state index in [1.54, 1.807) is 0 Å². The summed E-state index contributed by atoms with van der Waals surface area (Å²) < 4.78 is 0. The van der Waals surface area contributed by atoms with E-state index in [1.165, 1.54) is 0 Å². The minimum Gasteiger partial charge on any atom is -0.545 e. The Morgan fingerprint density at radius 3 is 1.33 bits per heavy atom. The van der Waals surface area contributed by atoms with Gasteiger partial charge in [0.15, 0.2) is 0 Å². The Kier molecular flexibility index (Phi) is 3.90. The molecule has 2 atom stereocenters. The summed E-state index contributed by atoms with van der Waals surface area (Å²) in [5.41, 5.74) is 3.02. The van der Waals surface area contributed by atoms with E-state index in [0.717, 1.165) is 45.4 Å². The predicted molar refractivity (Wildman–Crippen MR) is 111 cm³/mol. The summed E-state index contributed by atoms with van der Waals surface area (Å²) in [6.45, 7) is 0. The van der Waals surface area contributed by atoms with Gasteiger partial charge in [-0.1, -0.05) is 48.5 Å². The molecule has 0 aromatic heterocycles. The van der Waals surface area contributed by atoms with Crippen molar-refractivity contribution in [2.24, 2.45) is 11.8 Å². The first-order chi connectivity index (χ1) is 15.9. The van der Waals surface area contributed by atoms with Crippen LogP contribution in [0.25, 0.3) is 0 Å². The minimum absolute atomic E-state index is 0.104. The summed E-state index contributed by atoms with van der Waals surface area (Å²) in [6, 6.07) is 18.6. The number of hydrogen-bond acceptors (Lipinski definition) is 6. The molecule has 0 N–H and O–H groups in total. The molecule has 1 heterocycles. The summed E-state index contributed by atoms with van der Waals surface area (Å²) in [6.07, 6.45) is 0. The summed E-state index contributed by atoms with van der Waals surface area (Å²) in [5.74, 6) is -6.13. The van der Waals surface area contributed by atoms with Gasteiger partial charge >= 0.3 is 0 Å². The Balaban J connectivity index is 1.54. The lowest BCUT2D eigenvalue weighted by Crippen LogP contribution is -2.41. The highest BCUT2D eigenvalue weighted by molar-refractivity contribution is 6.24. The zero-order valence-electron chi connectivity index (χ0n) is 17.1. The molecule has 3 aromatic carbocycles. The third-order valence-electron chi connectivity index (χ3n) is 7.10. The second-order valence-electron chi connectivity index (χ2n) is 8.62. The largest absolute Gasteiger partial charge is 0.545 e. The maximum atomic E-state index is 13.7. The fourth-order valence-electron chi connectivity index (χ4n) is 5.91. The van der Waals surface area contributed by atoms with Gasteiger partial charge < -0.3 is 19.8 Å². The number of carboxylic acid groups (broad SMARTS) is 2. The molecular formula is C26H15NO6-2. The van der Waals surface area contributed by atoms with E-state index in [-0.39, 0.29) is 17.5 Å². The predicted octanol–water partition coefficient (Wildman–Crippen LogP) is 0.810. The summed E-state index contributed by atoms with van der Waals surface area (Å²) in [7, 11) is 0. The number of rotatable bonds is 3. The van der Waals surface area contributed by atoms with Crippen LogP contribution < -0.4 is 15.1 Å². The number of nitrogens with zero attached hydrogens (tertiary/aromatic N) is 1. The molecule has 7 nitrogen and oxygen atoms in total. The molecule has 162 valence electrons. The Hall–Kier alpha value is -4.26. The van der Waals surface area contributed by atoms with Crippen molar-refractivity contribution in [2.75, 3.05) is 4.90 Å². The first kappa shape index (κ1) is 19.4. The first-order valence-electron chi connectivity index (χ1n) is 10.5. The number of amides is 2. The van der Waals surface area contributed by atoms with Gasteiger partial charge in [0.05, 0.1) is 29.5 Å². The first-order valence-corrected chi connectivity index (χ1v) is 10.5. The van der Waals surface area contributed by atoms with Crippen LogP contribution in [-0.2, 0) is 9.59 Å². The highest BCUT2D eigenvalue weighted by Crippen LogP contribution is 2.61. The van der Waals surface area contributed by atoms with Crippen molar-refractivity contribution in [3.63, 3.8) is 0 Å². The molecule has 7 rings (SSSR count). The van der Waals surface area contributed by atoms with Gasteiger partial charge in [0, 0.05) is 11.8 Å². The van der Waals surface area contributed by atoms with Crippen molar-refractivity contribution in [3.8, 4) is 0 Å². The van der Waals surface area contributed by atoms with Gasteiger partial charge in [0.2, 0.25) is 11.8 Å². The SMILES string of the molecule is O=C([O-])c1cc(C(=O)[O-])cc(N2C(=O)[C@@H]3C4c5ccccc5C(c5ccccc54)[C@@H]3C2=O)c1. The van der Waals surface area contributed by atoms with Crippen LogP contribution >= 0.6 is 0 Å². The normalized spacial score (nSPS) is 24.3. The van der Waals surface area contributed by atoms with Gasteiger partial charge in [0.1, 0.15) is 0 Å². The lowest BCUT2D eigenvalue weighted by Gasteiger charge is -2.45. The van der Waals surface area contributed by atoms with Crippen LogP contribution in [0.4, 0.5) is 5.69 Å². The summed E-state index contributed by atoms with van der Waals surface area (Å²) >= 11 is 0. The Labute approximate surface area is 187 Å². The van der Waals surface area contributed by atoms with E-state index >= 15 is 0 Å². The molecule has 0 saturated carbocycles. The number of benzene rings is 3. The number of hydrogen-bond donors (Lipinski definition) is 0. The fourth-order valence-corrected chi connectivity index (χ4v) is 5.91. The van der Waals surface area contributed by atoms with Crippen molar-refractivity contribution in [1.29, 1.82) is 0 Å². The molecule has 1 aliphatic heterocycles. The zero-order valence-corrected chi connectivity index (χ0v) is 17.1. The average molecular weight is 437 g/mol. The van der Waals surface area contributed by atoms with Crippen LogP contribution in [0.3, 0.4) is 0 Å². The monoisotopic (exact) mass is 437 g/mol. The van der Waals surface area contributed by atoms with Crippen LogP contribution in [0, 0.1) is 11.8 Å². The molecular weight excluding hydrogens is 422 g/mol. The molecule has 4 aliphatic rings. The zero-order chi connectivity index (χ0) is 23.0. The molecule has 0 unspecified atom stereocenters. The molecule has 7 heteroatoms. The second kappa shape index (κ2) is 6.62. The van der Waals surface area contributed by atoms with Crippen molar-refractivity contribution < 1.29 is 29.4 Å². The van der Waals surface area contributed by atoms with Gasteiger partial charge in [-0.3, -0.25) is 9.59 Å². The van der Waals surface area contributed by atoms with Crippen molar-refractivity contribution >= 4 is 29.4 Å². The highest BCUT2D eigenvalue weighted by atomic mass is 16.4. The average Bonchev–Trinajstić information content (AvgIpc) is 3.09. The van der Waals surface area contributed by atoms with E-state index in [0.29, 0.717) is 0 Å². The number of carboxylic acids is 2. The van der Waals surface area contributed by atoms with E-state index in [4.69, 9.17) is 0 Å². The van der Waals surface area contributed by atoms with Crippen molar-refractivity contribution in [2.45, 2.75) is 11.8 Å². The van der Waals surface area contributed by atoms with Crippen LogP contribution in [0.15, 0.2) is 66.7 Å². The standard InChI is InChI=1S/C26H17NO6/c28-23-21-19-15-5-1-2-6-16(15)20(18-8-4-3-7-17(18)19)22(21)24(29)27(23)14-10-12(25(30)31)9-13(11-14)26(32)33/h1-11,19-22H,(H,30,31)(H,32,33)/p-2/t19?,20?,21-,22+. The second-order valence-corrected chi connectivity index (χ2v) is 8.62. The van der Waals surface area contributed by atoms with Crippen molar-refractivity contribution in [1.82, 2.24) is 0 Å². The maximum absolute atomic E-state index is 13.7. The quantitative estimate of drug-likeness (QED) is 0.560. The van der Waals surface area contributed by atoms with Crippen LogP contribution in [0.1, 0.15) is 54.8 Å². The number of carbonyl (C=O) groups is 4. The van der Waals surface area contributed by atoms with Crippen LogP contribution in [-0.4, -0.2) is 23.8 Å². The molecule has 3 aliphatic carbocycles. The minimum atomic E-state index is -1.62. The molecule has 1 fully saturated rings. The van der Waals surface area contributed by atoms with E-state index in [2.05, 4.69) is 0 Å². The van der Waals surface area contributed by atoms with Crippen molar-refractivity contribution in [3.05, 3.63) is 100 Å². The fraction of sp³-hybridized carbons (Fsp3) is 0.154. The van der Waals surface area contributed by atoms with E-state index in [9.17, 15) is 29.4 Å². The van der Waals surface area contributed by atoms with E-state index in [1.807, 2.05) is 48.5 Å². The van der Waals surface area contributed by atoms with Gasteiger partial charge in [-0.2, -0.15) is 0 Å². The topological polar surface area (TPSA) is 118 Å². The molecule has 2 amide bonds. The number of imide groups is 1. The number of anilines is 1. The molecule has 33 heavy (non-hydrogen) atoms. The Morgan fingerprint density at radius 1 is 0.636 bits per heavy atom. The lowest BCUT2D eigenvalue weighted by molar-refractivity contribution is -0.255. The summed E-state index contributed by atoms with van der Waals surface area (Å²) in [5, 5.41) is 22.9. The number of carbonyl (C=O) groups excluding carboxylic acids is 4. The van der Waals surface area contributed by atoms with Gasteiger partial charge in [-0.05, 0) is 51.6 Å². The van der Waals surface area contributed by atoms with Gasteiger partial charge in [0.25, 0.3) is 0 Å². The highest BCUT2D eigenvalue weighted by Gasteiger charge is 2.61. The van der Waals surface area contributed by atoms with E-state index < -0.39 is 46.7 Å². The Bertz CT molecular complexity index is 1260.